The van der Waals surface area contributed by atoms with Crippen LogP contribution in [0.4, 0.5) is 5.82 Å². The third-order valence-corrected chi connectivity index (χ3v) is 5.29. The lowest BCUT2D eigenvalue weighted by molar-refractivity contribution is -0.137. The number of carbonyl (C=O) groups is 1. The van der Waals surface area contributed by atoms with Crippen LogP contribution in [0.5, 0.6) is 0 Å². The Kier molecular flexibility index (Phi) is 5.38. The van der Waals surface area contributed by atoms with Crippen LogP contribution in [0.3, 0.4) is 0 Å². The van der Waals surface area contributed by atoms with Gasteiger partial charge in [-0.25, -0.2) is 4.98 Å². The van der Waals surface area contributed by atoms with E-state index in [2.05, 4.69) is 9.88 Å². The van der Waals surface area contributed by atoms with Crippen molar-refractivity contribution < 1.29 is 9.90 Å². The quantitative estimate of drug-likeness (QED) is 0.918. The van der Waals surface area contributed by atoms with Crippen LogP contribution in [-0.4, -0.2) is 53.7 Å². The molecule has 0 unspecified atom stereocenters. The molecule has 1 N–H and O–H groups in total. The van der Waals surface area contributed by atoms with Crippen LogP contribution in [0.2, 0.25) is 5.02 Å². The van der Waals surface area contributed by atoms with Crippen LogP contribution >= 0.6 is 11.6 Å². The summed E-state index contributed by atoms with van der Waals surface area (Å²) in [5.74, 6) is 1.73. The van der Waals surface area contributed by atoms with Crippen molar-refractivity contribution in [2.45, 2.75) is 25.7 Å². The summed E-state index contributed by atoms with van der Waals surface area (Å²) in [5, 5.41) is 9.84. The summed E-state index contributed by atoms with van der Waals surface area (Å²) in [6.07, 6.45) is 5.27. The number of carbonyl (C=O) groups excluding carboxylic acids is 1. The normalized spacial score (nSPS) is 20.8. The molecule has 3 heterocycles. The summed E-state index contributed by atoms with van der Waals surface area (Å²) in [4.78, 5) is 21.2. The first kappa shape index (κ1) is 16.5. The Morgan fingerprint density at radius 2 is 1.87 bits per heavy atom. The van der Waals surface area contributed by atoms with Gasteiger partial charge in [0.15, 0.2) is 0 Å². The topological polar surface area (TPSA) is 56.7 Å². The molecule has 0 bridgehead atoms. The van der Waals surface area contributed by atoms with Crippen molar-refractivity contribution in [2.75, 3.05) is 37.7 Å². The van der Waals surface area contributed by atoms with E-state index in [9.17, 15) is 9.90 Å². The molecule has 2 aliphatic rings. The maximum absolute atomic E-state index is 12.6. The molecule has 2 fully saturated rings. The summed E-state index contributed by atoms with van der Waals surface area (Å²) in [5.41, 5.74) is 0. The molecule has 126 valence electrons. The minimum absolute atomic E-state index is 0.129. The molecule has 0 aromatic carbocycles. The number of nitrogens with zero attached hydrogens (tertiary/aromatic N) is 3. The minimum atomic E-state index is 0.129. The number of amides is 1. The van der Waals surface area contributed by atoms with Crippen molar-refractivity contribution in [1.29, 1.82) is 0 Å². The van der Waals surface area contributed by atoms with E-state index in [1.807, 2.05) is 17.0 Å². The van der Waals surface area contributed by atoms with Crippen LogP contribution in [0, 0.1) is 11.8 Å². The monoisotopic (exact) mass is 337 g/mol. The van der Waals surface area contributed by atoms with E-state index in [1.165, 1.54) is 0 Å². The standard InChI is InChI=1S/C17H24ClN3O2/c18-15-1-2-16(19-11-15)20-9-5-14(6-10-20)17(23)21-7-3-13(12-22)4-8-21/h1-2,11,13-14,22H,3-10,12H2. The van der Waals surface area contributed by atoms with Gasteiger partial charge in [0.05, 0.1) is 5.02 Å². The predicted molar refractivity (Wildman–Crippen MR) is 90.6 cm³/mol. The number of anilines is 1. The number of rotatable bonds is 3. The average Bonchev–Trinajstić information content (AvgIpc) is 2.62. The Bertz CT molecular complexity index is 521. The highest BCUT2D eigenvalue weighted by Gasteiger charge is 2.31. The summed E-state index contributed by atoms with van der Waals surface area (Å²) in [6.45, 7) is 3.55. The zero-order chi connectivity index (χ0) is 16.2. The predicted octanol–water partition coefficient (Wildman–Crippen LogP) is 2.18. The van der Waals surface area contributed by atoms with Crippen molar-refractivity contribution in [3.63, 3.8) is 0 Å². The van der Waals surface area contributed by atoms with E-state index in [1.54, 1.807) is 6.20 Å². The zero-order valence-electron chi connectivity index (χ0n) is 13.3. The van der Waals surface area contributed by atoms with E-state index < -0.39 is 0 Å². The molecule has 1 aromatic rings. The Morgan fingerprint density at radius 1 is 1.17 bits per heavy atom. The number of piperidine rings is 2. The largest absolute Gasteiger partial charge is 0.396 e. The molecule has 6 heteroatoms. The first-order chi connectivity index (χ1) is 11.2. The number of halogens is 1. The van der Waals surface area contributed by atoms with Crippen LogP contribution in [0.25, 0.3) is 0 Å². The SMILES string of the molecule is O=C(C1CCN(c2ccc(Cl)cn2)CC1)N1CCC(CO)CC1. The molecule has 3 rings (SSSR count). The molecule has 0 aliphatic carbocycles. The summed E-state index contributed by atoms with van der Waals surface area (Å²) in [6, 6.07) is 3.79. The van der Waals surface area contributed by atoms with Crippen molar-refractivity contribution >= 4 is 23.3 Å². The van der Waals surface area contributed by atoms with Gasteiger partial charge in [-0.15, -0.1) is 0 Å². The fourth-order valence-electron chi connectivity index (χ4n) is 3.50. The van der Waals surface area contributed by atoms with E-state index in [-0.39, 0.29) is 12.5 Å². The Labute approximate surface area is 142 Å². The van der Waals surface area contributed by atoms with Gasteiger partial charge in [-0.05, 0) is 43.7 Å². The van der Waals surface area contributed by atoms with Crippen molar-refractivity contribution in [1.82, 2.24) is 9.88 Å². The van der Waals surface area contributed by atoms with E-state index in [0.29, 0.717) is 16.8 Å². The number of hydrogen-bond donors (Lipinski definition) is 1. The van der Waals surface area contributed by atoms with Gasteiger partial charge in [0, 0.05) is 44.9 Å². The van der Waals surface area contributed by atoms with Crippen LogP contribution in [-0.2, 0) is 4.79 Å². The maximum atomic E-state index is 12.6. The molecule has 0 saturated carbocycles. The van der Waals surface area contributed by atoms with Gasteiger partial charge in [-0.3, -0.25) is 4.79 Å². The highest BCUT2D eigenvalue weighted by molar-refractivity contribution is 6.30. The molecule has 0 radical (unpaired) electrons. The first-order valence-electron chi connectivity index (χ1n) is 8.43. The fraction of sp³-hybridized carbons (Fsp3) is 0.647. The molecule has 1 amide bonds. The highest BCUT2D eigenvalue weighted by Crippen LogP contribution is 2.26. The molecular weight excluding hydrogens is 314 g/mol. The van der Waals surface area contributed by atoms with Crippen LogP contribution < -0.4 is 4.90 Å². The summed E-state index contributed by atoms with van der Waals surface area (Å²) < 4.78 is 0. The fourth-order valence-corrected chi connectivity index (χ4v) is 3.62. The van der Waals surface area contributed by atoms with Crippen LogP contribution in [0.1, 0.15) is 25.7 Å². The van der Waals surface area contributed by atoms with Gasteiger partial charge in [0.25, 0.3) is 0 Å². The van der Waals surface area contributed by atoms with E-state index >= 15 is 0 Å². The van der Waals surface area contributed by atoms with Crippen molar-refractivity contribution in [3.05, 3.63) is 23.4 Å². The van der Waals surface area contributed by atoms with Crippen LogP contribution in [0.15, 0.2) is 18.3 Å². The lowest BCUT2D eigenvalue weighted by Gasteiger charge is -2.37. The number of likely N-dealkylation sites (tertiary alicyclic amines) is 1. The maximum Gasteiger partial charge on any atom is 0.225 e. The molecule has 1 aromatic heterocycles. The van der Waals surface area contributed by atoms with E-state index in [0.717, 1.165) is 57.7 Å². The molecular formula is C17H24ClN3O2. The highest BCUT2D eigenvalue weighted by atomic mass is 35.5. The second-order valence-electron chi connectivity index (χ2n) is 6.55. The van der Waals surface area contributed by atoms with E-state index in [4.69, 9.17) is 11.6 Å². The zero-order valence-corrected chi connectivity index (χ0v) is 14.1. The number of hydrogen-bond acceptors (Lipinski definition) is 4. The first-order valence-corrected chi connectivity index (χ1v) is 8.81. The second kappa shape index (κ2) is 7.49. The Balaban J connectivity index is 1.50. The Morgan fingerprint density at radius 3 is 2.43 bits per heavy atom. The lowest BCUT2D eigenvalue weighted by Crippen LogP contribution is -2.46. The molecule has 0 spiro atoms. The van der Waals surface area contributed by atoms with Gasteiger partial charge < -0.3 is 14.9 Å². The molecule has 0 atom stereocenters. The Hall–Kier alpha value is -1.33. The van der Waals surface area contributed by atoms with Gasteiger partial charge in [0.2, 0.25) is 5.91 Å². The molecule has 23 heavy (non-hydrogen) atoms. The molecule has 2 aliphatic heterocycles. The van der Waals surface area contributed by atoms with Gasteiger partial charge in [-0.1, -0.05) is 11.6 Å². The number of pyridine rings is 1. The minimum Gasteiger partial charge on any atom is -0.396 e. The lowest BCUT2D eigenvalue weighted by atomic mass is 9.92. The van der Waals surface area contributed by atoms with Crippen molar-refractivity contribution in [3.8, 4) is 0 Å². The smallest absolute Gasteiger partial charge is 0.225 e. The summed E-state index contributed by atoms with van der Waals surface area (Å²) >= 11 is 5.88. The van der Waals surface area contributed by atoms with Gasteiger partial charge in [0.1, 0.15) is 5.82 Å². The molecule has 5 nitrogen and oxygen atoms in total. The van der Waals surface area contributed by atoms with Gasteiger partial charge in [-0.2, -0.15) is 0 Å². The third-order valence-electron chi connectivity index (χ3n) is 5.06. The van der Waals surface area contributed by atoms with Crippen molar-refractivity contribution in [2.24, 2.45) is 11.8 Å². The average molecular weight is 338 g/mol. The number of aromatic nitrogens is 1. The second-order valence-corrected chi connectivity index (χ2v) is 6.98. The number of aliphatic hydroxyl groups excluding tert-OH is 1. The summed E-state index contributed by atoms with van der Waals surface area (Å²) in [7, 11) is 0. The third kappa shape index (κ3) is 3.96. The molecule has 2 saturated heterocycles. The van der Waals surface area contributed by atoms with Gasteiger partial charge >= 0.3 is 0 Å². The number of aliphatic hydroxyl groups is 1.